The normalized spacial score (nSPS) is 12.6. The highest BCUT2D eigenvalue weighted by Gasteiger charge is 2.21. The molecule has 0 aliphatic heterocycles. The van der Waals surface area contributed by atoms with E-state index in [2.05, 4.69) is 25.0 Å². The largest absolute Gasteiger partial charge is 0.388 e. The van der Waals surface area contributed by atoms with Crippen LogP contribution in [-0.2, 0) is 6.54 Å². The molecule has 1 N–H and O–H groups in total. The topological polar surface area (TPSA) is 94.0 Å². The van der Waals surface area contributed by atoms with Crippen LogP contribution in [0.4, 0.5) is 4.39 Å². The zero-order valence-electron chi connectivity index (χ0n) is 14.9. The van der Waals surface area contributed by atoms with Crippen molar-refractivity contribution in [2.45, 2.75) is 32.9 Å². The minimum absolute atomic E-state index is 0.166. The number of fused-ring (bicyclic) bond motifs is 1. The minimum Gasteiger partial charge on any atom is -0.388 e. The first-order chi connectivity index (χ1) is 13.1. The number of aryl methyl sites for hydroxylation is 1. The zero-order chi connectivity index (χ0) is 19.0. The van der Waals surface area contributed by atoms with E-state index in [1.807, 2.05) is 6.92 Å². The number of hydrogen-bond acceptors (Lipinski definition) is 6. The number of hydrogen-bond donors (Lipinski definition) is 1. The van der Waals surface area contributed by atoms with Crippen molar-refractivity contribution < 1.29 is 9.50 Å². The maximum Gasteiger partial charge on any atom is 0.165 e. The summed E-state index contributed by atoms with van der Waals surface area (Å²) in [5.74, 6) is 0.539. The van der Waals surface area contributed by atoms with Crippen LogP contribution in [0.25, 0.3) is 17.2 Å². The fourth-order valence-corrected chi connectivity index (χ4v) is 3.05. The highest BCUT2D eigenvalue weighted by atomic mass is 19.1. The van der Waals surface area contributed by atoms with Crippen molar-refractivity contribution in [3.8, 4) is 11.5 Å². The van der Waals surface area contributed by atoms with Crippen LogP contribution in [0.1, 0.15) is 36.5 Å². The number of aromatic nitrogens is 7. The number of aliphatic hydroxyl groups excluding tert-OH is 1. The summed E-state index contributed by atoms with van der Waals surface area (Å²) in [7, 11) is 0. The van der Waals surface area contributed by atoms with Crippen molar-refractivity contribution in [1.82, 2.24) is 34.1 Å². The summed E-state index contributed by atoms with van der Waals surface area (Å²) in [5.41, 5.74) is 1.97. The average molecular weight is 367 g/mol. The third kappa shape index (κ3) is 3.06. The molecule has 1 atom stereocenters. The molecule has 4 aromatic heterocycles. The van der Waals surface area contributed by atoms with Gasteiger partial charge >= 0.3 is 0 Å². The van der Waals surface area contributed by atoms with Gasteiger partial charge in [0.2, 0.25) is 0 Å². The van der Waals surface area contributed by atoms with Gasteiger partial charge < -0.3 is 9.67 Å². The fourth-order valence-electron chi connectivity index (χ4n) is 3.05. The SMILES string of the molecule is CCC(O)c1c(Cn2ccnc2-c2ncccc2F)ncn2nc(C)nc12. The molecule has 0 aliphatic carbocycles. The average Bonchev–Trinajstić information content (AvgIpc) is 3.27. The van der Waals surface area contributed by atoms with Gasteiger partial charge in [0, 0.05) is 24.2 Å². The Bertz CT molecular complexity index is 1100. The van der Waals surface area contributed by atoms with E-state index < -0.39 is 11.9 Å². The van der Waals surface area contributed by atoms with Gasteiger partial charge in [-0.1, -0.05) is 6.92 Å². The van der Waals surface area contributed by atoms with Gasteiger partial charge in [-0.15, -0.1) is 0 Å². The molecule has 0 spiro atoms. The van der Waals surface area contributed by atoms with Crippen LogP contribution in [0.3, 0.4) is 0 Å². The van der Waals surface area contributed by atoms with Gasteiger partial charge in [-0.05, 0) is 25.5 Å². The second-order valence-electron chi connectivity index (χ2n) is 6.17. The van der Waals surface area contributed by atoms with E-state index in [1.54, 1.807) is 34.7 Å². The summed E-state index contributed by atoms with van der Waals surface area (Å²) >= 11 is 0. The Balaban J connectivity index is 1.81. The molecular weight excluding hydrogens is 349 g/mol. The molecule has 9 heteroatoms. The number of imidazole rings is 1. The van der Waals surface area contributed by atoms with Crippen LogP contribution >= 0.6 is 0 Å². The first kappa shape index (κ1) is 17.2. The van der Waals surface area contributed by atoms with Crippen LogP contribution in [0.5, 0.6) is 0 Å². The highest BCUT2D eigenvalue weighted by Crippen LogP contribution is 2.26. The predicted molar refractivity (Wildman–Crippen MR) is 95.3 cm³/mol. The Hall–Kier alpha value is -3.20. The maximum atomic E-state index is 14.2. The van der Waals surface area contributed by atoms with Crippen LogP contribution in [-0.4, -0.2) is 39.2 Å². The highest BCUT2D eigenvalue weighted by molar-refractivity contribution is 5.53. The van der Waals surface area contributed by atoms with E-state index in [9.17, 15) is 9.50 Å². The number of aliphatic hydroxyl groups is 1. The van der Waals surface area contributed by atoms with Crippen molar-refractivity contribution in [2.24, 2.45) is 0 Å². The van der Waals surface area contributed by atoms with E-state index in [0.717, 1.165) is 0 Å². The van der Waals surface area contributed by atoms with Crippen LogP contribution in [0, 0.1) is 12.7 Å². The first-order valence-corrected chi connectivity index (χ1v) is 8.59. The lowest BCUT2D eigenvalue weighted by Gasteiger charge is -2.15. The van der Waals surface area contributed by atoms with Gasteiger partial charge in [0.05, 0.1) is 18.3 Å². The fraction of sp³-hybridized carbons (Fsp3) is 0.278. The summed E-state index contributed by atoms with van der Waals surface area (Å²) in [5, 5.41) is 14.8. The Morgan fingerprint density at radius 1 is 1.22 bits per heavy atom. The van der Waals surface area contributed by atoms with Gasteiger partial charge in [-0.2, -0.15) is 5.10 Å². The molecule has 8 nitrogen and oxygen atoms in total. The Labute approximate surface area is 154 Å². The third-order valence-corrected chi connectivity index (χ3v) is 4.34. The van der Waals surface area contributed by atoms with Crippen LogP contribution < -0.4 is 0 Å². The molecular formula is C18H18FN7O. The molecule has 0 saturated carbocycles. The summed E-state index contributed by atoms with van der Waals surface area (Å²) in [6.07, 6.45) is 6.16. The molecule has 4 heterocycles. The lowest BCUT2D eigenvalue weighted by Crippen LogP contribution is -2.12. The smallest absolute Gasteiger partial charge is 0.165 e. The van der Waals surface area contributed by atoms with Crippen LogP contribution in [0.15, 0.2) is 37.1 Å². The zero-order valence-corrected chi connectivity index (χ0v) is 14.9. The van der Waals surface area contributed by atoms with Gasteiger partial charge in [0.25, 0.3) is 0 Å². The minimum atomic E-state index is -0.738. The van der Waals surface area contributed by atoms with Gasteiger partial charge in [0.1, 0.15) is 17.8 Å². The molecule has 138 valence electrons. The molecule has 0 aliphatic rings. The lowest BCUT2D eigenvalue weighted by atomic mass is 10.1. The second kappa shape index (κ2) is 6.84. The quantitative estimate of drug-likeness (QED) is 0.582. The summed E-state index contributed by atoms with van der Waals surface area (Å²) in [6, 6.07) is 2.88. The summed E-state index contributed by atoms with van der Waals surface area (Å²) < 4.78 is 17.5. The third-order valence-electron chi connectivity index (χ3n) is 4.34. The van der Waals surface area contributed by atoms with Gasteiger partial charge in [-0.25, -0.2) is 28.8 Å². The molecule has 0 amide bonds. The van der Waals surface area contributed by atoms with Crippen molar-refractivity contribution in [2.75, 3.05) is 0 Å². The van der Waals surface area contributed by atoms with Crippen LogP contribution in [0.2, 0.25) is 0 Å². The molecule has 0 aromatic carbocycles. The molecule has 27 heavy (non-hydrogen) atoms. The molecule has 1 unspecified atom stereocenters. The first-order valence-electron chi connectivity index (χ1n) is 8.59. The summed E-state index contributed by atoms with van der Waals surface area (Å²) in [4.78, 5) is 17.2. The van der Waals surface area contributed by atoms with Crippen molar-refractivity contribution >= 4 is 5.65 Å². The van der Waals surface area contributed by atoms with E-state index in [0.29, 0.717) is 41.5 Å². The number of rotatable bonds is 5. The van der Waals surface area contributed by atoms with E-state index in [4.69, 9.17) is 0 Å². The van der Waals surface area contributed by atoms with Gasteiger partial charge in [-0.3, -0.25) is 0 Å². The van der Waals surface area contributed by atoms with Gasteiger partial charge in [0.15, 0.2) is 17.3 Å². The number of pyridine rings is 1. The second-order valence-corrected chi connectivity index (χ2v) is 6.17. The van der Waals surface area contributed by atoms with E-state index >= 15 is 0 Å². The van der Waals surface area contributed by atoms with E-state index in [-0.39, 0.29) is 5.69 Å². The maximum absolute atomic E-state index is 14.2. The van der Waals surface area contributed by atoms with Crippen molar-refractivity contribution in [3.05, 3.63) is 59.9 Å². The number of nitrogens with zero attached hydrogens (tertiary/aromatic N) is 7. The Morgan fingerprint density at radius 2 is 2.07 bits per heavy atom. The lowest BCUT2D eigenvalue weighted by molar-refractivity contribution is 0.172. The molecule has 0 fully saturated rings. The summed E-state index contributed by atoms with van der Waals surface area (Å²) in [6.45, 7) is 3.96. The molecule has 4 rings (SSSR count). The standard InChI is InChI=1S/C18H18FN7O/c1-3-14(27)15-13(22-10-26-17(15)23-11(2)24-26)9-25-8-7-21-18(25)16-12(19)5-4-6-20-16/h4-8,10,14,27H,3,9H2,1-2H3. The molecule has 4 aromatic rings. The molecule has 0 bridgehead atoms. The monoisotopic (exact) mass is 367 g/mol. The Morgan fingerprint density at radius 3 is 2.85 bits per heavy atom. The van der Waals surface area contributed by atoms with Crippen molar-refractivity contribution in [1.29, 1.82) is 0 Å². The number of halogens is 1. The molecule has 0 saturated heterocycles. The van der Waals surface area contributed by atoms with Crippen molar-refractivity contribution in [3.63, 3.8) is 0 Å². The van der Waals surface area contributed by atoms with E-state index in [1.165, 1.54) is 18.3 Å². The predicted octanol–water partition coefficient (Wildman–Crippen LogP) is 2.32. The molecule has 0 radical (unpaired) electrons. The Kier molecular flexibility index (Phi) is 4.36.